The van der Waals surface area contributed by atoms with Crippen molar-refractivity contribution in [2.24, 2.45) is 5.16 Å². The van der Waals surface area contributed by atoms with Crippen molar-refractivity contribution in [1.82, 2.24) is 4.90 Å². The molecule has 20 heavy (non-hydrogen) atoms. The number of para-hydroxylation sites is 1. The summed E-state index contributed by atoms with van der Waals surface area (Å²) in [4.78, 5) is 16.1. The SMILES string of the molecule is CCN(CC)C(=O)CN1CCC(=NO)c2ccccc21. The summed E-state index contributed by atoms with van der Waals surface area (Å²) in [5.74, 6) is 0.134. The molecule has 2 rings (SSSR count). The van der Waals surface area contributed by atoms with E-state index in [-0.39, 0.29) is 5.91 Å². The second-order valence-electron chi connectivity index (χ2n) is 4.80. The van der Waals surface area contributed by atoms with Gasteiger partial charge in [0.25, 0.3) is 0 Å². The summed E-state index contributed by atoms with van der Waals surface area (Å²) in [5, 5.41) is 12.4. The highest BCUT2D eigenvalue weighted by atomic mass is 16.4. The van der Waals surface area contributed by atoms with Crippen LogP contribution in [0.4, 0.5) is 5.69 Å². The Labute approximate surface area is 119 Å². The monoisotopic (exact) mass is 275 g/mol. The van der Waals surface area contributed by atoms with Gasteiger partial charge in [-0.05, 0) is 19.9 Å². The highest BCUT2D eigenvalue weighted by Gasteiger charge is 2.24. The predicted octanol–water partition coefficient (Wildman–Crippen LogP) is 1.94. The van der Waals surface area contributed by atoms with E-state index in [1.165, 1.54) is 0 Å². The topological polar surface area (TPSA) is 56.1 Å². The van der Waals surface area contributed by atoms with Gasteiger partial charge in [-0.1, -0.05) is 23.4 Å². The van der Waals surface area contributed by atoms with Crippen LogP contribution in [0.15, 0.2) is 29.4 Å². The molecule has 0 spiro atoms. The maximum atomic E-state index is 12.2. The number of fused-ring (bicyclic) bond motifs is 1. The van der Waals surface area contributed by atoms with Crippen molar-refractivity contribution in [3.8, 4) is 0 Å². The molecule has 1 amide bonds. The van der Waals surface area contributed by atoms with E-state index in [0.717, 1.165) is 24.3 Å². The molecular weight excluding hydrogens is 254 g/mol. The molecular formula is C15H21N3O2. The molecule has 0 unspecified atom stereocenters. The smallest absolute Gasteiger partial charge is 0.242 e. The molecule has 0 saturated heterocycles. The van der Waals surface area contributed by atoms with Gasteiger partial charge in [-0.3, -0.25) is 4.79 Å². The van der Waals surface area contributed by atoms with Gasteiger partial charge in [0.1, 0.15) is 0 Å². The summed E-state index contributed by atoms with van der Waals surface area (Å²) in [5.41, 5.74) is 2.56. The zero-order valence-electron chi connectivity index (χ0n) is 12.0. The molecule has 108 valence electrons. The third kappa shape index (κ3) is 2.76. The molecule has 1 aliphatic heterocycles. The summed E-state index contributed by atoms with van der Waals surface area (Å²) in [6.07, 6.45) is 0.652. The summed E-state index contributed by atoms with van der Waals surface area (Å²) in [6.45, 7) is 6.51. The van der Waals surface area contributed by atoms with E-state index >= 15 is 0 Å². The molecule has 0 radical (unpaired) electrons. The van der Waals surface area contributed by atoms with Crippen LogP contribution in [0.25, 0.3) is 0 Å². The fraction of sp³-hybridized carbons (Fsp3) is 0.467. The van der Waals surface area contributed by atoms with Gasteiger partial charge in [-0.2, -0.15) is 0 Å². The molecule has 1 aliphatic rings. The second-order valence-corrected chi connectivity index (χ2v) is 4.80. The van der Waals surface area contributed by atoms with Gasteiger partial charge < -0.3 is 15.0 Å². The molecule has 1 N–H and O–H groups in total. The zero-order chi connectivity index (χ0) is 14.5. The van der Waals surface area contributed by atoms with Crippen molar-refractivity contribution in [3.05, 3.63) is 29.8 Å². The lowest BCUT2D eigenvalue weighted by Crippen LogP contribution is -2.43. The minimum absolute atomic E-state index is 0.134. The Bertz CT molecular complexity index is 510. The van der Waals surface area contributed by atoms with E-state index in [0.29, 0.717) is 25.2 Å². The van der Waals surface area contributed by atoms with Crippen LogP contribution in [-0.4, -0.2) is 47.9 Å². The van der Waals surface area contributed by atoms with E-state index in [1.807, 2.05) is 43.0 Å². The van der Waals surface area contributed by atoms with Gasteiger partial charge in [0, 0.05) is 37.3 Å². The molecule has 0 aromatic heterocycles. The van der Waals surface area contributed by atoms with Crippen molar-refractivity contribution in [2.45, 2.75) is 20.3 Å². The highest BCUT2D eigenvalue weighted by molar-refractivity contribution is 6.07. The third-order valence-corrected chi connectivity index (χ3v) is 3.74. The Morgan fingerprint density at radius 3 is 2.70 bits per heavy atom. The van der Waals surface area contributed by atoms with Gasteiger partial charge >= 0.3 is 0 Å². The molecule has 5 heteroatoms. The van der Waals surface area contributed by atoms with Crippen LogP contribution in [0.5, 0.6) is 0 Å². The Morgan fingerprint density at radius 2 is 2.05 bits per heavy atom. The van der Waals surface area contributed by atoms with Crippen LogP contribution >= 0.6 is 0 Å². The first-order chi connectivity index (χ1) is 9.71. The maximum Gasteiger partial charge on any atom is 0.242 e. The third-order valence-electron chi connectivity index (χ3n) is 3.74. The highest BCUT2D eigenvalue weighted by Crippen LogP contribution is 2.27. The average Bonchev–Trinajstić information content (AvgIpc) is 2.49. The summed E-state index contributed by atoms with van der Waals surface area (Å²) in [6, 6.07) is 7.75. The minimum Gasteiger partial charge on any atom is -0.411 e. The Balaban J connectivity index is 2.21. The first kappa shape index (κ1) is 14.4. The van der Waals surface area contributed by atoms with E-state index in [1.54, 1.807) is 0 Å². The normalized spacial score (nSPS) is 16.1. The number of nitrogens with zero attached hydrogens (tertiary/aromatic N) is 3. The average molecular weight is 275 g/mol. The number of hydrogen-bond acceptors (Lipinski definition) is 4. The van der Waals surface area contributed by atoms with E-state index in [2.05, 4.69) is 10.1 Å². The van der Waals surface area contributed by atoms with Crippen LogP contribution in [-0.2, 0) is 4.79 Å². The minimum atomic E-state index is 0.134. The molecule has 0 aliphatic carbocycles. The number of rotatable bonds is 4. The van der Waals surface area contributed by atoms with Crippen LogP contribution in [0.3, 0.4) is 0 Å². The van der Waals surface area contributed by atoms with Gasteiger partial charge in [-0.25, -0.2) is 0 Å². The Morgan fingerprint density at radius 1 is 1.35 bits per heavy atom. The standard InChI is InChI=1S/C15H21N3O2/c1-3-17(4-2)15(19)11-18-10-9-13(16-20)12-7-5-6-8-14(12)18/h5-8,20H,3-4,9-11H2,1-2H3. The predicted molar refractivity (Wildman–Crippen MR) is 79.5 cm³/mol. The molecule has 1 heterocycles. The van der Waals surface area contributed by atoms with Crippen molar-refractivity contribution in [1.29, 1.82) is 0 Å². The number of likely N-dealkylation sites (N-methyl/N-ethyl adjacent to an activating group) is 1. The lowest BCUT2D eigenvalue weighted by Gasteiger charge is -2.32. The van der Waals surface area contributed by atoms with Crippen LogP contribution in [0.2, 0.25) is 0 Å². The number of benzene rings is 1. The van der Waals surface area contributed by atoms with Gasteiger partial charge in [-0.15, -0.1) is 0 Å². The van der Waals surface area contributed by atoms with Crippen molar-refractivity contribution in [2.75, 3.05) is 31.1 Å². The zero-order valence-corrected chi connectivity index (χ0v) is 12.0. The van der Waals surface area contributed by atoms with E-state index < -0.39 is 0 Å². The first-order valence-corrected chi connectivity index (χ1v) is 7.04. The van der Waals surface area contributed by atoms with Crippen LogP contribution < -0.4 is 4.90 Å². The number of hydrogen-bond donors (Lipinski definition) is 1. The Hall–Kier alpha value is -2.04. The van der Waals surface area contributed by atoms with Crippen LogP contribution in [0, 0.1) is 0 Å². The van der Waals surface area contributed by atoms with Crippen LogP contribution in [0.1, 0.15) is 25.8 Å². The number of carbonyl (C=O) groups is 1. The summed E-state index contributed by atoms with van der Waals surface area (Å²) < 4.78 is 0. The van der Waals surface area contributed by atoms with Gasteiger partial charge in [0.15, 0.2) is 0 Å². The number of amides is 1. The molecule has 1 aromatic carbocycles. The maximum absolute atomic E-state index is 12.2. The van der Waals surface area contributed by atoms with Crippen molar-refractivity contribution in [3.63, 3.8) is 0 Å². The molecule has 0 fully saturated rings. The van der Waals surface area contributed by atoms with E-state index in [4.69, 9.17) is 5.21 Å². The Kier molecular flexibility index (Phi) is 4.61. The molecule has 5 nitrogen and oxygen atoms in total. The largest absolute Gasteiger partial charge is 0.411 e. The molecule has 0 bridgehead atoms. The fourth-order valence-corrected chi connectivity index (χ4v) is 2.60. The fourth-order valence-electron chi connectivity index (χ4n) is 2.60. The lowest BCUT2D eigenvalue weighted by atomic mass is 9.99. The van der Waals surface area contributed by atoms with Gasteiger partial charge in [0.05, 0.1) is 12.3 Å². The molecule has 0 saturated carbocycles. The van der Waals surface area contributed by atoms with Crippen molar-refractivity contribution < 1.29 is 10.0 Å². The number of anilines is 1. The quantitative estimate of drug-likeness (QED) is 0.675. The summed E-state index contributed by atoms with van der Waals surface area (Å²) >= 11 is 0. The van der Waals surface area contributed by atoms with Crippen molar-refractivity contribution >= 4 is 17.3 Å². The number of oxime groups is 1. The van der Waals surface area contributed by atoms with E-state index in [9.17, 15) is 4.79 Å². The molecule has 0 atom stereocenters. The molecule has 1 aromatic rings. The number of carbonyl (C=O) groups excluding carboxylic acids is 1. The first-order valence-electron chi connectivity index (χ1n) is 7.04. The van der Waals surface area contributed by atoms with Gasteiger partial charge in [0.2, 0.25) is 5.91 Å². The summed E-state index contributed by atoms with van der Waals surface area (Å²) in [7, 11) is 0. The second kappa shape index (κ2) is 6.41. The lowest BCUT2D eigenvalue weighted by molar-refractivity contribution is -0.129.